The zero-order valence-corrected chi connectivity index (χ0v) is 16.0. The van der Waals surface area contributed by atoms with E-state index in [1.807, 2.05) is 0 Å². The number of nitrogen functional groups attached to an aromatic ring is 1. The first kappa shape index (κ1) is 20.3. The maximum Gasteiger partial charge on any atom is 0.421 e. The molecule has 0 aliphatic carbocycles. The lowest BCUT2D eigenvalue weighted by atomic mass is 10.1. The molecule has 9 heteroatoms. The van der Waals surface area contributed by atoms with Crippen LogP contribution in [-0.4, -0.2) is 33.9 Å². The normalized spacial score (nSPS) is 11.0. The van der Waals surface area contributed by atoms with Crippen LogP contribution in [0.2, 0.25) is 5.02 Å². The second-order valence-corrected chi connectivity index (χ2v) is 6.95. The summed E-state index contributed by atoms with van der Waals surface area (Å²) in [4.78, 5) is 27.9. The maximum atomic E-state index is 12.2. The molecule has 1 amide bonds. The summed E-state index contributed by atoms with van der Waals surface area (Å²) in [6, 6.07) is 4.81. The summed E-state index contributed by atoms with van der Waals surface area (Å²) in [5.74, 6) is -0.0227. The van der Waals surface area contributed by atoms with Gasteiger partial charge in [-0.2, -0.15) is 0 Å². The number of nitrogens with zero attached hydrogens (tertiary/aromatic N) is 2. The van der Waals surface area contributed by atoms with Gasteiger partial charge < -0.3 is 15.2 Å². The van der Waals surface area contributed by atoms with Crippen LogP contribution in [0.3, 0.4) is 0 Å². The number of aromatic nitrogens is 2. The van der Waals surface area contributed by atoms with Crippen LogP contribution < -0.4 is 11.1 Å². The monoisotopic (exact) mass is 392 g/mol. The minimum Gasteiger partial charge on any atom is -0.445 e. The first-order chi connectivity index (χ1) is 12.6. The van der Waals surface area contributed by atoms with Crippen LogP contribution in [0.5, 0.6) is 0 Å². The van der Waals surface area contributed by atoms with E-state index in [2.05, 4.69) is 16.9 Å². The summed E-state index contributed by atoms with van der Waals surface area (Å²) in [6.07, 6.45) is 1.63. The number of imidazole rings is 1. The number of nitrogens with two attached hydrogens (primary N) is 1. The Morgan fingerprint density at radius 2 is 2.11 bits per heavy atom. The van der Waals surface area contributed by atoms with Crippen molar-refractivity contribution in [3.8, 4) is 11.3 Å². The molecule has 27 heavy (non-hydrogen) atoms. The van der Waals surface area contributed by atoms with E-state index >= 15 is 0 Å². The van der Waals surface area contributed by atoms with E-state index in [0.717, 1.165) is 4.57 Å². The van der Waals surface area contributed by atoms with E-state index in [4.69, 9.17) is 26.8 Å². The fraction of sp³-hybridized carbons (Fsp3) is 0.278. The summed E-state index contributed by atoms with van der Waals surface area (Å²) in [6.45, 7) is 8.81. The van der Waals surface area contributed by atoms with Gasteiger partial charge in [0.05, 0.1) is 10.7 Å². The van der Waals surface area contributed by atoms with E-state index < -0.39 is 17.8 Å². The summed E-state index contributed by atoms with van der Waals surface area (Å²) in [5, 5.41) is 2.85. The van der Waals surface area contributed by atoms with Gasteiger partial charge in [0.2, 0.25) is 5.95 Å². The van der Waals surface area contributed by atoms with Crippen molar-refractivity contribution < 1.29 is 19.1 Å². The molecule has 1 aromatic heterocycles. The summed E-state index contributed by atoms with van der Waals surface area (Å²) >= 11 is 6.28. The number of amides is 1. The second kappa shape index (κ2) is 8.13. The van der Waals surface area contributed by atoms with Crippen LogP contribution in [0.1, 0.15) is 20.8 Å². The molecule has 0 atom stereocenters. The fourth-order valence-corrected chi connectivity index (χ4v) is 2.35. The third-order valence-corrected chi connectivity index (χ3v) is 3.46. The van der Waals surface area contributed by atoms with Crippen molar-refractivity contribution in [1.29, 1.82) is 0 Å². The van der Waals surface area contributed by atoms with Gasteiger partial charge in [0.25, 0.3) is 0 Å². The van der Waals surface area contributed by atoms with Gasteiger partial charge in [-0.1, -0.05) is 24.3 Å². The third kappa shape index (κ3) is 5.49. The lowest BCUT2D eigenvalue weighted by Gasteiger charge is -2.19. The maximum absolute atomic E-state index is 12.2. The highest BCUT2D eigenvalue weighted by Crippen LogP contribution is 2.30. The van der Waals surface area contributed by atoms with Crippen molar-refractivity contribution in [3.05, 3.63) is 42.1 Å². The van der Waals surface area contributed by atoms with Gasteiger partial charge in [-0.15, -0.1) is 0 Å². The van der Waals surface area contributed by atoms with Crippen molar-refractivity contribution in [2.75, 3.05) is 17.7 Å². The fourth-order valence-electron chi connectivity index (χ4n) is 2.07. The minimum atomic E-state index is -0.668. The predicted molar refractivity (Wildman–Crippen MR) is 104 cm³/mol. The Hall–Kier alpha value is -3.00. The van der Waals surface area contributed by atoms with Gasteiger partial charge in [0.1, 0.15) is 12.2 Å². The first-order valence-electron chi connectivity index (χ1n) is 8.03. The topological polar surface area (TPSA) is 108 Å². The van der Waals surface area contributed by atoms with E-state index in [-0.39, 0.29) is 12.6 Å². The molecule has 0 radical (unpaired) electrons. The molecule has 0 saturated carbocycles. The molecule has 0 spiro atoms. The quantitative estimate of drug-likeness (QED) is 0.750. The van der Waals surface area contributed by atoms with Crippen molar-refractivity contribution in [2.45, 2.75) is 26.4 Å². The lowest BCUT2D eigenvalue weighted by molar-refractivity contribution is 0.0540. The van der Waals surface area contributed by atoms with Crippen molar-refractivity contribution >= 4 is 35.4 Å². The number of benzene rings is 1. The number of hydrogen-bond acceptors (Lipinski definition) is 6. The Morgan fingerprint density at radius 1 is 1.41 bits per heavy atom. The van der Waals surface area contributed by atoms with Crippen LogP contribution in [0.4, 0.5) is 21.2 Å². The van der Waals surface area contributed by atoms with Gasteiger partial charge in [-0.25, -0.2) is 19.1 Å². The van der Waals surface area contributed by atoms with Gasteiger partial charge in [-0.05, 0) is 39.0 Å². The van der Waals surface area contributed by atoms with Crippen molar-refractivity contribution in [3.63, 3.8) is 0 Å². The van der Waals surface area contributed by atoms with Gasteiger partial charge in [0.15, 0.2) is 0 Å². The number of carbonyl (C=O) groups is 2. The number of hydrogen-bond donors (Lipinski definition) is 2. The SMILES string of the molecule is C=CCOC(=O)Nc1ccc(-c2cn(C(=O)OC(C)(C)C)c(N)n2)c(Cl)c1. The third-order valence-electron chi connectivity index (χ3n) is 3.15. The highest BCUT2D eigenvalue weighted by Gasteiger charge is 2.21. The predicted octanol–water partition coefficient (Wildman–Crippen LogP) is 4.30. The first-order valence-corrected chi connectivity index (χ1v) is 8.41. The largest absolute Gasteiger partial charge is 0.445 e. The number of rotatable bonds is 4. The Bertz CT molecular complexity index is 871. The molecule has 1 heterocycles. The Labute approximate surface area is 161 Å². The molecule has 2 aromatic rings. The number of halogens is 1. The number of ether oxygens (including phenoxy) is 2. The molecular weight excluding hydrogens is 372 g/mol. The molecule has 8 nitrogen and oxygen atoms in total. The number of anilines is 2. The molecule has 0 unspecified atom stereocenters. The molecule has 3 N–H and O–H groups in total. The molecular formula is C18H21ClN4O4. The van der Waals surface area contributed by atoms with Crippen molar-refractivity contribution in [1.82, 2.24) is 9.55 Å². The summed E-state index contributed by atoms with van der Waals surface area (Å²) in [5.41, 5.74) is 6.52. The molecule has 1 aromatic carbocycles. The standard InChI is InChI=1S/C18H21ClN4O4/c1-5-8-26-16(24)21-11-6-7-12(13(19)9-11)14-10-23(15(20)22-14)17(25)27-18(2,3)4/h5-7,9-10H,1,8H2,2-4H3,(H2,20,22)(H,21,24). The molecule has 0 bridgehead atoms. The Kier molecular flexibility index (Phi) is 6.12. The molecule has 144 valence electrons. The van der Waals surface area contributed by atoms with Gasteiger partial charge in [0, 0.05) is 17.4 Å². The smallest absolute Gasteiger partial charge is 0.421 e. The zero-order valence-electron chi connectivity index (χ0n) is 15.3. The second-order valence-electron chi connectivity index (χ2n) is 6.54. The number of carbonyl (C=O) groups excluding carboxylic acids is 2. The van der Waals surface area contributed by atoms with Crippen LogP contribution in [0, 0.1) is 0 Å². The van der Waals surface area contributed by atoms with Gasteiger partial charge in [-0.3, -0.25) is 5.32 Å². The van der Waals surface area contributed by atoms with Crippen LogP contribution in [-0.2, 0) is 9.47 Å². The van der Waals surface area contributed by atoms with E-state index in [1.54, 1.807) is 32.9 Å². The number of nitrogens with one attached hydrogen (secondary N) is 1. The molecule has 0 aliphatic rings. The van der Waals surface area contributed by atoms with E-state index in [1.165, 1.54) is 18.3 Å². The highest BCUT2D eigenvalue weighted by molar-refractivity contribution is 6.33. The molecule has 0 aliphatic heterocycles. The Balaban J connectivity index is 2.21. The van der Waals surface area contributed by atoms with Crippen LogP contribution >= 0.6 is 11.6 Å². The molecule has 0 saturated heterocycles. The average Bonchev–Trinajstić information content (AvgIpc) is 2.93. The molecule has 0 fully saturated rings. The highest BCUT2D eigenvalue weighted by atomic mass is 35.5. The summed E-state index contributed by atoms with van der Waals surface area (Å²) in [7, 11) is 0. The molecule has 2 rings (SSSR count). The van der Waals surface area contributed by atoms with E-state index in [9.17, 15) is 9.59 Å². The van der Waals surface area contributed by atoms with Crippen LogP contribution in [0.15, 0.2) is 37.1 Å². The van der Waals surface area contributed by atoms with Crippen molar-refractivity contribution in [2.24, 2.45) is 0 Å². The van der Waals surface area contributed by atoms with Crippen LogP contribution in [0.25, 0.3) is 11.3 Å². The zero-order chi connectivity index (χ0) is 20.2. The average molecular weight is 393 g/mol. The Morgan fingerprint density at radius 3 is 2.70 bits per heavy atom. The lowest BCUT2D eigenvalue weighted by Crippen LogP contribution is -2.27. The summed E-state index contributed by atoms with van der Waals surface area (Å²) < 4.78 is 11.2. The minimum absolute atomic E-state index is 0.0227. The van der Waals surface area contributed by atoms with Gasteiger partial charge >= 0.3 is 12.2 Å². The van der Waals surface area contributed by atoms with E-state index in [0.29, 0.717) is 22.0 Å².